The van der Waals surface area contributed by atoms with E-state index >= 15 is 4.39 Å². The third-order valence-corrected chi connectivity index (χ3v) is 15.1. The Bertz CT molecular complexity index is 1760. The molecule has 3 heterocycles. The molecule has 4 fully saturated rings. The van der Waals surface area contributed by atoms with Crippen molar-refractivity contribution in [3.63, 3.8) is 0 Å². The molecule has 14 heteroatoms. The second kappa shape index (κ2) is 18.2. The lowest BCUT2D eigenvalue weighted by Crippen LogP contribution is -2.61. The van der Waals surface area contributed by atoms with Gasteiger partial charge in [0.2, 0.25) is 11.8 Å². The van der Waals surface area contributed by atoms with Gasteiger partial charge >= 0.3 is 6.09 Å². The lowest BCUT2D eigenvalue weighted by molar-refractivity contribution is -0.143. The van der Waals surface area contributed by atoms with Crippen molar-refractivity contribution in [2.45, 2.75) is 153 Å². The van der Waals surface area contributed by atoms with E-state index < -0.39 is 34.0 Å². The molecule has 0 radical (unpaired) electrons. The van der Waals surface area contributed by atoms with Crippen LogP contribution in [0.15, 0.2) is 29.8 Å². The van der Waals surface area contributed by atoms with Gasteiger partial charge in [-0.1, -0.05) is 24.3 Å². The number of alkyl halides is 1. The zero-order valence-corrected chi connectivity index (χ0v) is 37.4. The predicted molar refractivity (Wildman–Crippen MR) is 229 cm³/mol. The van der Waals surface area contributed by atoms with Crippen molar-refractivity contribution in [2.75, 3.05) is 31.9 Å². The Hall–Kier alpha value is -3.23. The molecule has 0 bridgehead atoms. The van der Waals surface area contributed by atoms with Gasteiger partial charge in [-0.25, -0.2) is 14.2 Å². The van der Waals surface area contributed by atoms with Gasteiger partial charge in [0.15, 0.2) is 5.67 Å². The average molecular weight is 841 g/mol. The van der Waals surface area contributed by atoms with Gasteiger partial charge in [0.1, 0.15) is 17.7 Å². The summed E-state index contributed by atoms with van der Waals surface area (Å²) in [4.78, 5) is 65.5. The first kappa shape index (κ1) is 44.3. The quantitative estimate of drug-likeness (QED) is 0.215. The fourth-order valence-electron chi connectivity index (χ4n) is 8.75. The summed E-state index contributed by atoms with van der Waals surface area (Å²) < 4.78 is 20.0. The first-order valence-electron chi connectivity index (χ1n) is 21.3. The van der Waals surface area contributed by atoms with Crippen LogP contribution in [-0.2, 0) is 25.7 Å². The molecule has 6 rings (SSSR count). The highest BCUT2D eigenvalue weighted by Crippen LogP contribution is 2.42. The third-order valence-electron chi connectivity index (χ3n) is 12.5. The van der Waals surface area contributed by atoms with Crippen LogP contribution in [0.3, 0.4) is 0 Å². The summed E-state index contributed by atoms with van der Waals surface area (Å²) in [6.07, 6.45) is 5.66. The third kappa shape index (κ3) is 10.9. The molecule has 2 aliphatic carbocycles. The second-order valence-electron chi connectivity index (χ2n) is 18.8. The van der Waals surface area contributed by atoms with Crippen LogP contribution in [0.1, 0.15) is 111 Å². The molecular formula is C44H65FN6O5S2. The number of carbonyl (C=O) groups is 4. The summed E-state index contributed by atoms with van der Waals surface area (Å²) in [6.45, 7) is 19.1. The molecule has 1 aromatic heterocycles. The Labute approximate surface area is 353 Å². The highest BCUT2D eigenvalue weighted by atomic mass is 32.2. The molecule has 4 aliphatic rings. The zero-order chi connectivity index (χ0) is 42.0. The van der Waals surface area contributed by atoms with Crippen molar-refractivity contribution in [3.8, 4) is 10.4 Å². The summed E-state index contributed by atoms with van der Waals surface area (Å²) in [5.41, 5.74) is 2.41. The number of amides is 4. The number of nitrogens with one attached hydrogen (secondary N) is 2. The minimum absolute atomic E-state index is 0.160. The molecule has 11 nitrogen and oxygen atoms in total. The van der Waals surface area contributed by atoms with Gasteiger partial charge < -0.3 is 25.2 Å². The van der Waals surface area contributed by atoms with Crippen molar-refractivity contribution in [2.24, 2.45) is 11.8 Å². The van der Waals surface area contributed by atoms with Crippen molar-refractivity contribution in [1.29, 1.82) is 0 Å². The molecule has 0 spiro atoms. The maximum Gasteiger partial charge on any atom is 0.410 e. The summed E-state index contributed by atoms with van der Waals surface area (Å²) in [6, 6.07) is 6.90. The van der Waals surface area contributed by atoms with Gasteiger partial charge in [-0.2, -0.15) is 11.8 Å². The number of piperazine rings is 1. The number of thiazole rings is 1. The molecule has 2 saturated heterocycles. The number of thioether (sulfide) groups is 1. The number of nitrogens with zero attached hydrogens (tertiary/aromatic N) is 4. The summed E-state index contributed by atoms with van der Waals surface area (Å²) >= 11 is 3.26. The number of halogens is 1. The number of aryl methyl sites for hydroxylation is 1. The van der Waals surface area contributed by atoms with E-state index in [0.717, 1.165) is 59.7 Å². The van der Waals surface area contributed by atoms with Crippen LogP contribution in [0.25, 0.3) is 10.4 Å². The number of hydrogen-bond donors (Lipinski definition) is 2. The average Bonchev–Trinajstić information content (AvgIpc) is 3.51. The zero-order valence-electron chi connectivity index (χ0n) is 35.8. The summed E-state index contributed by atoms with van der Waals surface area (Å²) in [5.74, 6) is 0.590. The maximum atomic E-state index is 15.1. The van der Waals surface area contributed by atoms with E-state index in [0.29, 0.717) is 50.9 Å². The van der Waals surface area contributed by atoms with Gasteiger partial charge in [-0.3, -0.25) is 19.3 Å². The van der Waals surface area contributed by atoms with Crippen LogP contribution in [0.4, 0.5) is 9.18 Å². The number of hydrogen-bond acceptors (Lipinski definition) is 9. The molecule has 4 amide bonds. The molecule has 4 unspecified atom stereocenters. The lowest BCUT2D eigenvalue weighted by atomic mass is 9.82. The minimum Gasteiger partial charge on any atom is -0.444 e. The Morgan fingerprint density at radius 3 is 2.21 bits per heavy atom. The molecule has 2 aliphatic heterocycles. The Morgan fingerprint density at radius 2 is 1.62 bits per heavy atom. The monoisotopic (exact) mass is 840 g/mol. The number of benzene rings is 1. The number of ether oxygens (including phenoxy) is 1. The molecule has 2 saturated carbocycles. The normalized spacial score (nSPS) is 25.6. The predicted octanol–water partition coefficient (Wildman–Crippen LogP) is 7.36. The molecular weight excluding hydrogens is 776 g/mol. The van der Waals surface area contributed by atoms with Crippen LogP contribution in [0.5, 0.6) is 0 Å². The molecule has 320 valence electrons. The fourth-order valence-corrected chi connectivity index (χ4v) is 10.9. The molecule has 58 heavy (non-hydrogen) atoms. The fraction of sp³-hybridized carbons (Fsp3) is 0.705. The topological polar surface area (TPSA) is 124 Å². The summed E-state index contributed by atoms with van der Waals surface area (Å²) in [7, 11) is 0. The molecule has 1 aromatic carbocycles. The molecule has 4 atom stereocenters. The Balaban J connectivity index is 1.02. The van der Waals surface area contributed by atoms with Crippen molar-refractivity contribution >= 4 is 46.9 Å². The molecule has 2 aromatic rings. The highest BCUT2D eigenvalue weighted by Gasteiger charge is 2.54. The number of aromatic nitrogens is 1. The highest BCUT2D eigenvalue weighted by molar-refractivity contribution is 8.00. The van der Waals surface area contributed by atoms with Crippen molar-refractivity contribution in [1.82, 2.24) is 30.3 Å². The van der Waals surface area contributed by atoms with Gasteiger partial charge in [-0.05, 0) is 135 Å². The Morgan fingerprint density at radius 1 is 0.983 bits per heavy atom. The van der Waals surface area contributed by atoms with Gasteiger partial charge in [0.25, 0.3) is 5.91 Å². The number of rotatable bonds is 13. The maximum absolute atomic E-state index is 15.1. The van der Waals surface area contributed by atoms with E-state index in [-0.39, 0.29) is 42.8 Å². The standard InChI is InChI=1S/C44H65FN6O5S2/c1-28-23-49(41(55)56-42(4,5)6)24-29(2)51(28)25-32-11-13-33(14-12-32)26-58-43(7,8)37(48-40(54)44(45)19-20-44)39(53)50-21-9-10-35(50)38(52)46-22-31-15-17-34(18-16-31)36-30(3)47-27-57-36/h15-18,27-29,32-33,35,37H,9-14,19-26H2,1-8H3,(H,46,52)(H,48,54). The van der Waals surface area contributed by atoms with Crippen LogP contribution >= 0.6 is 23.1 Å². The van der Waals surface area contributed by atoms with E-state index in [4.69, 9.17) is 4.74 Å². The van der Waals surface area contributed by atoms with Crippen LogP contribution in [0, 0.1) is 18.8 Å². The summed E-state index contributed by atoms with van der Waals surface area (Å²) in [5, 5.41) is 5.89. The molecule has 2 N–H and O–H groups in total. The van der Waals surface area contributed by atoms with E-state index in [1.54, 1.807) is 28.0 Å². The van der Waals surface area contributed by atoms with Crippen LogP contribution < -0.4 is 10.6 Å². The van der Waals surface area contributed by atoms with E-state index in [1.165, 1.54) is 0 Å². The van der Waals surface area contributed by atoms with E-state index in [9.17, 15) is 19.2 Å². The van der Waals surface area contributed by atoms with Gasteiger partial charge in [0, 0.05) is 49.6 Å². The minimum atomic E-state index is -1.93. The first-order chi connectivity index (χ1) is 27.3. The number of likely N-dealkylation sites (tertiary alicyclic amines) is 1. The Kier molecular flexibility index (Phi) is 13.9. The smallest absolute Gasteiger partial charge is 0.410 e. The first-order valence-corrected chi connectivity index (χ1v) is 23.1. The largest absolute Gasteiger partial charge is 0.444 e. The van der Waals surface area contributed by atoms with E-state index in [1.807, 2.05) is 76.2 Å². The SMILES string of the molecule is Cc1ncsc1-c1ccc(CNC(=O)C2CCCN2C(=O)C(NC(=O)C2(F)CC2)C(C)(C)SCC2CCC(CN3C(C)CN(C(=O)OC(C)(C)C)CC3C)CC2)cc1. The van der Waals surface area contributed by atoms with E-state index in [2.05, 4.69) is 34.4 Å². The lowest BCUT2D eigenvalue weighted by Gasteiger charge is -2.46. The van der Waals surface area contributed by atoms with Crippen LogP contribution in [-0.4, -0.2) is 116 Å². The van der Waals surface area contributed by atoms with Crippen molar-refractivity contribution in [3.05, 3.63) is 41.0 Å². The second-order valence-corrected chi connectivity index (χ2v) is 21.4. The number of carbonyl (C=O) groups excluding carboxylic acids is 4. The van der Waals surface area contributed by atoms with Crippen molar-refractivity contribution < 1.29 is 28.3 Å². The van der Waals surface area contributed by atoms with Gasteiger partial charge in [0.05, 0.1) is 16.1 Å². The van der Waals surface area contributed by atoms with Crippen LogP contribution in [0.2, 0.25) is 0 Å². The van der Waals surface area contributed by atoms with Gasteiger partial charge in [-0.15, -0.1) is 11.3 Å².